The van der Waals surface area contributed by atoms with Crippen LogP contribution in [0.4, 0.5) is 11.4 Å². The number of benzene rings is 2. The summed E-state index contributed by atoms with van der Waals surface area (Å²) >= 11 is 6.20. The summed E-state index contributed by atoms with van der Waals surface area (Å²) in [5.74, 6) is -0.678. The molecule has 0 saturated heterocycles. The van der Waals surface area contributed by atoms with E-state index in [9.17, 15) is 18.0 Å². The van der Waals surface area contributed by atoms with E-state index in [1.165, 1.54) is 29.6 Å². The summed E-state index contributed by atoms with van der Waals surface area (Å²) in [6.07, 6.45) is 0.400. The molecule has 0 aromatic heterocycles. The molecule has 1 aliphatic heterocycles. The van der Waals surface area contributed by atoms with Gasteiger partial charge in [0.05, 0.1) is 10.7 Å². The van der Waals surface area contributed by atoms with Gasteiger partial charge in [-0.25, -0.2) is 13.4 Å². The van der Waals surface area contributed by atoms with Crippen molar-refractivity contribution >= 4 is 50.5 Å². The molecule has 0 fully saturated rings. The number of hydrogen-bond donors (Lipinski definition) is 1. The van der Waals surface area contributed by atoms with Crippen LogP contribution in [0.15, 0.2) is 58.5 Å². The zero-order chi connectivity index (χ0) is 21.9. The fourth-order valence-corrected chi connectivity index (χ4v) is 5.00. The number of carbonyl (C=O) groups excluding carboxylic acids is 2. The van der Waals surface area contributed by atoms with Gasteiger partial charge in [-0.15, -0.1) is 0 Å². The zero-order valence-electron chi connectivity index (χ0n) is 16.5. The maximum absolute atomic E-state index is 13.3. The summed E-state index contributed by atoms with van der Waals surface area (Å²) < 4.78 is 27.8. The van der Waals surface area contributed by atoms with E-state index in [-0.39, 0.29) is 46.6 Å². The third-order valence-electron chi connectivity index (χ3n) is 4.56. The van der Waals surface area contributed by atoms with Crippen molar-refractivity contribution in [3.05, 3.63) is 53.6 Å². The minimum absolute atomic E-state index is 0.0442. The second-order valence-electron chi connectivity index (χ2n) is 6.57. The lowest BCUT2D eigenvalue weighted by molar-refractivity contribution is -0.130. The maximum Gasteiger partial charge on any atom is 0.271 e. The van der Waals surface area contributed by atoms with Gasteiger partial charge in [-0.1, -0.05) is 29.8 Å². The molecule has 0 atom stereocenters. The minimum atomic E-state index is -3.97. The topological polar surface area (TPSA) is 99.2 Å². The SMILES string of the molecule is CCN(c1ccccc1)S(=O)(=O)c1cc(NC(=O)C2=NN(C)C(=O)CC2)ccc1Cl. The number of nitrogens with one attached hydrogen (secondary N) is 1. The van der Waals surface area contributed by atoms with Gasteiger partial charge in [0, 0.05) is 32.1 Å². The van der Waals surface area contributed by atoms with Crippen LogP contribution in [0.2, 0.25) is 5.02 Å². The first-order valence-corrected chi connectivity index (χ1v) is 11.1. The molecule has 10 heteroatoms. The monoisotopic (exact) mass is 448 g/mol. The van der Waals surface area contributed by atoms with Crippen molar-refractivity contribution in [2.75, 3.05) is 23.2 Å². The molecule has 2 amide bonds. The van der Waals surface area contributed by atoms with E-state index >= 15 is 0 Å². The number of sulfonamides is 1. The third kappa shape index (κ3) is 4.47. The van der Waals surface area contributed by atoms with Crippen LogP contribution in [-0.2, 0) is 19.6 Å². The number of hydrazone groups is 1. The van der Waals surface area contributed by atoms with Gasteiger partial charge in [-0.05, 0) is 37.3 Å². The van der Waals surface area contributed by atoms with Crippen LogP contribution in [0.5, 0.6) is 0 Å². The predicted molar refractivity (Wildman–Crippen MR) is 116 cm³/mol. The molecule has 0 radical (unpaired) electrons. The number of carbonyl (C=O) groups is 2. The first-order chi connectivity index (χ1) is 14.2. The predicted octanol–water partition coefficient (Wildman–Crippen LogP) is 3.10. The molecule has 0 saturated carbocycles. The smallest absolute Gasteiger partial charge is 0.271 e. The van der Waals surface area contributed by atoms with E-state index in [1.54, 1.807) is 37.3 Å². The van der Waals surface area contributed by atoms with Gasteiger partial charge in [0.25, 0.3) is 15.9 Å². The largest absolute Gasteiger partial charge is 0.321 e. The summed E-state index contributed by atoms with van der Waals surface area (Å²) in [7, 11) is -2.49. The minimum Gasteiger partial charge on any atom is -0.321 e. The van der Waals surface area contributed by atoms with Crippen LogP contribution in [0.1, 0.15) is 19.8 Å². The highest BCUT2D eigenvalue weighted by molar-refractivity contribution is 7.93. The van der Waals surface area contributed by atoms with Gasteiger partial charge in [0.15, 0.2) is 0 Å². The number of rotatable bonds is 6. The van der Waals surface area contributed by atoms with E-state index in [4.69, 9.17) is 11.6 Å². The van der Waals surface area contributed by atoms with Crippen molar-refractivity contribution < 1.29 is 18.0 Å². The zero-order valence-corrected chi connectivity index (χ0v) is 18.1. The Balaban J connectivity index is 1.90. The fourth-order valence-electron chi connectivity index (χ4n) is 3.02. The molecule has 30 heavy (non-hydrogen) atoms. The Morgan fingerprint density at radius 1 is 1.20 bits per heavy atom. The first kappa shape index (κ1) is 21.8. The van der Waals surface area contributed by atoms with Crippen LogP contribution in [0.3, 0.4) is 0 Å². The Morgan fingerprint density at radius 2 is 1.90 bits per heavy atom. The highest BCUT2D eigenvalue weighted by atomic mass is 35.5. The standard InChI is InChI=1S/C20H21ClN4O4S/c1-3-25(15-7-5-4-6-8-15)30(28,29)18-13-14(9-10-16(18)21)22-20(27)17-11-12-19(26)24(2)23-17/h4-10,13H,3,11-12H2,1-2H3,(H,22,27). The second kappa shape index (κ2) is 8.85. The number of halogens is 1. The lowest BCUT2D eigenvalue weighted by Crippen LogP contribution is -2.34. The van der Waals surface area contributed by atoms with Crippen LogP contribution < -0.4 is 9.62 Å². The Morgan fingerprint density at radius 3 is 2.53 bits per heavy atom. The maximum atomic E-state index is 13.3. The van der Waals surface area contributed by atoms with E-state index < -0.39 is 15.9 Å². The third-order valence-corrected chi connectivity index (χ3v) is 6.94. The fraction of sp³-hybridized carbons (Fsp3) is 0.250. The molecule has 3 rings (SSSR count). The average molecular weight is 449 g/mol. The van der Waals surface area contributed by atoms with Crippen LogP contribution >= 0.6 is 11.6 Å². The van der Waals surface area contributed by atoms with Gasteiger partial charge in [-0.2, -0.15) is 5.10 Å². The number of hydrogen-bond acceptors (Lipinski definition) is 5. The first-order valence-electron chi connectivity index (χ1n) is 9.26. The molecular weight excluding hydrogens is 428 g/mol. The van der Waals surface area contributed by atoms with E-state index in [0.717, 1.165) is 5.01 Å². The summed E-state index contributed by atoms with van der Waals surface area (Å²) in [5.41, 5.74) is 0.958. The van der Waals surface area contributed by atoms with Crippen LogP contribution in [-0.4, -0.2) is 44.5 Å². The Labute approximate surface area is 180 Å². The van der Waals surface area contributed by atoms with Gasteiger partial charge < -0.3 is 5.32 Å². The molecule has 1 heterocycles. The Hall–Kier alpha value is -2.91. The van der Waals surface area contributed by atoms with Crippen LogP contribution in [0, 0.1) is 0 Å². The molecule has 158 valence electrons. The number of anilines is 2. The van der Waals surface area contributed by atoms with E-state index in [1.807, 2.05) is 0 Å². The highest BCUT2D eigenvalue weighted by Crippen LogP contribution is 2.30. The number of nitrogens with zero attached hydrogens (tertiary/aromatic N) is 3. The van der Waals surface area contributed by atoms with Crippen molar-refractivity contribution in [3.8, 4) is 0 Å². The lowest BCUT2D eigenvalue weighted by atomic mass is 10.1. The second-order valence-corrected chi connectivity index (χ2v) is 8.81. The molecule has 1 N–H and O–H groups in total. The average Bonchev–Trinajstić information content (AvgIpc) is 2.72. The molecule has 0 aliphatic carbocycles. The van der Waals surface area contributed by atoms with Crippen molar-refractivity contribution in [2.45, 2.75) is 24.7 Å². The molecule has 0 bridgehead atoms. The van der Waals surface area contributed by atoms with Crippen molar-refractivity contribution in [3.63, 3.8) is 0 Å². The van der Waals surface area contributed by atoms with E-state index in [2.05, 4.69) is 10.4 Å². The molecule has 2 aromatic carbocycles. The van der Waals surface area contributed by atoms with Gasteiger partial charge >= 0.3 is 0 Å². The van der Waals surface area contributed by atoms with Crippen molar-refractivity contribution in [2.24, 2.45) is 5.10 Å². The normalized spacial score (nSPS) is 14.3. The summed E-state index contributed by atoms with van der Waals surface area (Å²) in [6.45, 7) is 1.93. The summed E-state index contributed by atoms with van der Waals surface area (Å²) in [6, 6.07) is 12.9. The Kier molecular flexibility index (Phi) is 6.42. The molecule has 0 spiro atoms. The number of amides is 2. The molecule has 1 aliphatic rings. The van der Waals surface area contributed by atoms with Gasteiger partial charge in [0.1, 0.15) is 10.6 Å². The van der Waals surface area contributed by atoms with Gasteiger partial charge in [0.2, 0.25) is 5.91 Å². The quantitative estimate of drug-likeness (QED) is 0.733. The number of para-hydroxylation sites is 1. The summed E-state index contributed by atoms with van der Waals surface area (Å²) in [4.78, 5) is 23.9. The molecule has 0 unspecified atom stereocenters. The van der Waals surface area contributed by atoms with Crippen LogP contribution in [0.25, 0.3) is 0 Å². The molecule has 8 nitrogen and oxygen atoms in total. The highest BCUT2D eigenvalue weighted by Gasteiger charge is 2.27. The summed E-state index contributed by atoms with van der Waals surface area (Å²) in [5, 5.41) is 7.76. The lowest BCUT2D eigenvalue weighted by Gasteiger charge is -2.24. The van der Waals surface area contributed by atoms with Crippen molar-refractivity contribution in [1.82, 2.24) is 5.01 Å². The molecule has 2 aromatic rings. The van der Waals surface area contributed by atoms with E-state index in [0.29, 0.717) is 5.69 Å². The molecular formula is C20H21ClN4O4S. The van der Waals surface area contributed by atoms with Gasteiger partial charge in [-0.3, -0.25) is 13.9 Å². The Bertz CT molecular complexity index is 1100. The van der Waals surface area contributed by atoms with Crippen molar-refractivity contribution in [1.29, 1.82) is 0 Å².